The van der Waals surface area contributed by atoms with Gasteiger partial charge in [-0.1, -0.05) is 12.1 Å². The smallest absolute Gasteiger partial charge is 0.295 e. The Hall–Kier alpha value is -3.81. The van der Waals surface area contributed by atoms with Crippen molar-refractivity contribution >= 4 is 11.6 Å². The third-order valence-corrected chi connectivity index (χ3v) is 3.98. The second-order valence-electron chi connectivity index (χ2n) is 5.81. The first-order chi connectivity index (χ1) is 13.1. The maximum Gasteiger partial charge on any atom is 0.295 e. The molecule has 2 aromatic heterocycles. The van der Waals surface area contributed by atoms with E-state index in [1.54, 1.807) is 48.4 Å². The van der Waals surface area contributed by atoms with E-state index < -0.39 is 5.91 Å². The lowest BCUT2D eigenvalue weighted by atomic mass is 10.2. The molecule has 4 rings (SSSR count). The molecule has 0 fully saturated rings. The number of nitrogens with one attached hydrogen (secondary N) is 1. The molecule has 134 valence electrons. The molecule has 27 heavy (non-hydrogen) atoms. The minimum Gasteiger partial charge on any atom is -0.317 e. The highest BCUT2D eigenvalue weighted by Crippen LogP contribution is 2.20. The maximum absolute atomic E-state index is 13.1. The average molecular weight is 362 g/mol. The molecule has 8 heteroatoms. The quantitative estimate of drug-likeness (QED) is 0.605. The van der Waals surface area contributed by atoms with Crippen molar-refractivity contribution in [3.8, 4) is 11.4 Å². The molecule has 0 radical (unpaired) electrons. The van der Waals surface area contributed by atoms with Crippen molar-refractivity contribution < 1.29 is 9.18 Å². The van der Waals surface area contributed by atoms with E-state index in [2.05, 4.69) is 20.4 Å². The molecule has 0 atom stereocenters. The lowest BCUT2D eigenvalue weighted by molar-refractivity contribution is 0.101. The van der Waals surface area contributed by atoms with Gasteiger partial charge in [-0.3, -0.25) is 4.79 Å². The minimum absolute atomic E-state index is 0.0252. The number of aryl methyl sites for hydroxylation is 1. The molecule has 2 heterocycles. The second kappa shape index (κ2) is 6.83. The van der Waals surface area contributed by atoms with Gasteiger partial charge in [-0.15, -0.1) is 5.10 Å². The van der Waals surface area contributed by atoms with Crippen LogP contribution in [-0.4, -0.2) is 30.2 Å². The Morgan fingerprint density at radius 3 is 2.63 bits per heavy atom. The van der Waals surface area contributed by atoms with Crippen LogP contribution < -0.4 is 5.32 Å². The fourth-order valence-corrected chi connectivity index (χ4v) is 2.70. The Kier molecular flexibility index (Phi) is 4.21. The van der Waals surface area contributed by atoms with E-state index in [9.17, 15) is 9.18 Å². The average Bonchev–Trinajstić information content (AvgIpc) is 3.33. The topological polar surface area (TPSA) is 77.6 Å². The number of hydrogen-bond donors (Lipinski definition) is 1. The first kappa shape index (κ1) is 16.6. The molecule has 0 saturated carbocycles. The van der Waals surface area contributed by atoms with Crippen LogP contribution in [0.5, 0.6) is 0 Å². The van der Waals surface area contributed by atoms with Crippen molar-refractivity contribution in [2.45, 2.75) is 6.92 Å². The van der Waals surface area contributed by atoms with E-state index in [1.807, 2.05) is 18.2 Å². The van der Waals surface area contributed by atoms with Gasteiger partial charge in [0.1, 0.15) is 11.6 Å². The summed E-state index contributed by atoms with van der Waals surface area (Å²) in [5.41, 5.74) is 2.01. The Balaban J connectivity index is 1.62. The summed E-state index contributed by atoms with van der Waals surface area (Å²) >= 11 is 0. The summed E-state index contributed by atoms with van der Waals surface area (Å²) in [6, 6.07) is 13.2. The zero-order valence-corrected chi connectivity index (χ0v) is 14.4. The largest absolute Gasteiger partial charge is 0.317 e. The highest BCUT2D eigenvalue weighted by Gasteiger charge is 2.17. The number of para-hydroxylation sites is 2. The molecule has 0 spiro atoms. The molecule has 0 bridgehead atoms. The van der Waals surface area contributed by atoms with E-state index in [0.717, 1.165) is 5.69 Å². The Bertz CT molecular complexity index is 1090. The van der Waals surface area contributed by atoms with Gasteiger partial charge in [-0.2, -0.15) is 0 Å². The van der Waals surface area contributed by atoms with Gasteiger partial charge < -0.3 is 9.88 Å². The Morgan fingerprint density at radius 2 is 1.89 bits per heavy atom. The number of halogens is 1. The number of anilines is 1. The van der Waals surface area contributed by atoms with Gasteiger partial charge in [0.2, 0.25) is 5.82 Å². The predicted molar refractivity (Wildman–Crippen MR) is 97.6 cm³/mol. The van der Waals surface area contributed by atoms with Crippen LogP contribution in [0.25, 0.3) is 11.4 Å². The van der Waals surface area contributed by atoms with Gasteiger partial charge in [0.05, 0.1) is 23.4 Å². The Labute approximate surface area is 154 Å². The third-order valence-electron chi connectivity index (χ3n) is 3.98. The van der Waals surface area contributed by atoms with E-state index in [0.29, 0.717) is 17.2 Å². The highest BCUT2D eigenvalue weighted by molar-refractivity contribution is 6.02. The molecule has 0 unspecified atom stereocenters. The van der Waals surface area contributed by atoms with Crippen LogP contribution in [0.15, 0.2) is 67.3 Å². The molecule has 0 aliphatic heterocycles. The molecule has 1 amide bonds. The molecule has 0 saturated heterocycles. The van der Waals surface area contributed by atoms with Crippen LogP contribution in [-0.2, 0) is 0 Å². The van der Waals surface area contributed by atoms with Crippen LogP contribution in [0.3, 0.4) is 0 Å². The van der Waals surface area contributed by atoms with Crippen LogP contribution in [0.2, 0.25) is 0 Å². The zero-order valence-electron chi connectivity index (χ0n) is 14.4. The lowest BCUT2D eigenvalue weighted by Gasteiger charge is -2.10. The second-order valence-corrected chi connectivity index (χ2v) is 5.81. The summed E-state index contributed by atoms with van der Waals surface area (Å²) in [4.78, 5) is 20.9. The maximum atomic E-state index is 13.1. The van der Waals surface area contributed by atoms with E-state index >= 15 is 0 Å². The molecule has 1 N–H and O–H groups in total. The fraction of sp³-hybridized carbons (Fsp3) is 0.0526. The molecule has 0 aliphatic carbocycles. The van der Waals surface area contributed by atoms with Crippen LogP contribution in [0, 0.1) is 12.7 Å². The first-order valence-corrected chi connectivity index (χ1v) is 8.20. The summed E-state index contributed by atoms with van der Waals surface area (Å²) in [6.07, 6.45) is 5.10. The van der Waals surface area contributed by atoms with Crippen LogP contribution in [0.4, 0.5) is 10.1 Å². The SMILES string of the molecule is Cc1nc(C(=O)Nc2ccccc2-n2ccnc2)nn1-c1ccc(F)cc1. The highest BCUT2D eigenvalue weighted by atomic mass is 19.1. The molecule has 7 nitrogen and oxygen atoms in total. The van der Waals surface area contributed by atoms with Gasteiger partial charge in [-0.25, -0.2) is 19.0 Å². The number of carbonyl (C=O) groups is 1. The number of benzene rings is 2. The molecular formula is C19H15FN6O. The number of hydrogen-bond acceptors (Lipinski definition) is 4. The number of amides is 1. The molecule has 2 aromatic carbocycles. The van der Waals surface area contributed by atoms with Crippen molar-refractivity contribution in [1.29, 1.82) is 0 Å². The minimum atomic E-state index is -0.438. The number of imidazole rings is 1. The summed E-state index contributed by atoms with van der Waals surface area (Å²) in [7, 11) is 0. The summed E-state index contributed by atoms with van der Waals surface area (Å²) in [5.74, 6) is -0.232. The normalized spacial score (nSPS) is 10.7. The zero-order chi connectivity index (χ0) is 18.8. The van der Waals surface area contributed by atoms with Crippen molar-refractivity contribution in [2.75, 3.05) is 5.32 Å². The van der Waals surface area contributed by atoms with Crippen LogP contribution >= 0.6 is 0 Å². The van der Waals surface area contributed by atoms with Gasteiger partial charge in [0.15, 0.2) is 0 Å². The Morgan fingerprint density at radius 1 is 1.11 bits per heavy atom. The lowest BCUT2D eigenvalue weighted by Crippen LogP contribution is -2.15. The van der Waals surface area contributed by atoms with Gasteiger partial charge >= 0.3 is 0 Å². The predicted octanol–water partition coefficient (Wildman–Crippen LogP) is 3.15. The van der Waals surface area contributed by atoms with Gasteiger partial charge in [0.25, 0.3) is 5.91 Å². The fourth-order valence-electron chi connectivity index (χ4n) is 2.70. The molecule has 0 aliphatic rings. The monoisotopic (exact) mass is 362 g/mol. The summed E-state index contributed by atoms with van der Waals surface area (Å²) in [6.45, 7) is 1.73. The van der Waals surface area contributed by atoms with Crippen molar-refractivity contribution in [3.63, 3.8) is 0 Å². The number of carbonyl (C=O) groups excluding carboxylic acids is 1. The summed E-state index contributed by atoms with van der Waals surface area (Å²) < 4.78 is 16.4. The van der Waals surface area contributed by atoms with E-state index in [-0.39, 0.29) is 11.6 Å². The number of rotatable bonds is 4. The number of aromatic nitrogens is 5. The van der Waals surface area contributed by atoms with Gasteiger partial charge in [0, 0.05) is 12.4 Å². The third kappa shape index (κ3) is 3.32. The van der Waals surface area contributed by atoms with Gasteiger partial charge in [-0.05, 0) is 43.3 Å². The molecular weight excluding hydrogens is 347 g/mol. The standard InChI is InChI=1S/C19H15FN6O/c1-13-22-18(24-26(13)15-8-6-14(20)7-9-15)19(27)23-16-4-2-3-5-17(16)25-11-10-21-12-25/h2-12H,1H3,(H,23,27). The summed E-state index contributed by atoms with van der Waals surface area (Å²) in [5, 5.41) is 7.08. The molecule has 4 aromatic rings. The first-order valence-electron chi connectivity index (χ1n) is 8.20. The van der Waals surface area contributed by atoms with Crippen LogP contribution in [0.1, 0.15) is 16.4 Å². The van der Waals surface area contributed by atoms with Crippen molar-refractivity contribution in [1.82, 2.24) is 24.3 Å². The van der Waals surface area contributed by atoms with Crippen molar-refractivity contribution in [2.24, 2.45) is 0 Å². The number of nitrogens with zero attached hydrogens (tertiary/aromatic N) is 5. The van der Waals surface area contributed by atoms with E-state index in [1.165, 1.54) is 16.8 Å². The van der Waals surface area contributed by atoms with Crippen molar-refractivity contribution in [3.05, 3.63) is 84.7 Å². The van der Waals surface area contributed by atoms with E-state index in [4.69, 9.17) is 0 Å².